The van der Waals surface area contributed by atoms with Crippen molar-refractivity contribution in [1.82, 2.24) is 0 Å². The van der Waals surface area contributed by atoms with Gasteiger partial charge in [0.2, 0.25) is 0 Å². The van der Waals surface area contributed by atoms with Crippen LogP contribution in [0, 0.1) is 5.82 Å². The summed E-state index contributed by atoms with van der Waals surface area (Å²) in [5.41, 5.74) is 5.00. The number of ether oxygens (including phenoxy) is 2. The predicted molar refractivity (Wildman–Crippen MR) is 110 cm³/mol. The number of aliphatic hydroxyl groups is 1. The fourth-order valence-corrected chi connectivity index (χ4v) is 4.26. The molecule has 1 atom stereocenters. The minimum absolute atomic E-state index is 0.0521. The van der Waals surface area contributed by atoms with Gasteiger partial charge in [0.15, 0.2) is 0 Å². The second kappa shape index (κ2) is 7.46. The Hall–Kier alpha value is -3.38. The number of rotatable bonds is 3. The molecule has 1 heterocycles. The summed E-state index contributed by atoms with van der Waals surface area (Å²) in [5, 5.41) is 9.51. The first-order chi connectivity index (χ1) is 14.7. The molecule has 2 aliphatic rings. The molecule has 30 heavy (non-hydrogen) atoms. The zero-order valence-electron chi connectivity index (χ0n) is 16.1. The van der Waals surface area contributed by atoms with Gasteiger partial charge in [-0.05, 0) is 34.4 Å². The summed E-state index contributed by atoms with van der Waals surface area (Å²) >= 11 is 0. The van der Waals surface area contributed by atoms with Crippen LogP contribution < -0.4 is 9.64 Å². The first kappa shape index (κ1) is 18.6. The third kappa shape index (κ3) is 3.09. The molecular weight excluding hydrogens is 385 g/mol. The number of halogens is 1. The molecule has 6 heteroatoms. The van der Waals surface area contributed by atoms with Gasteiger partial charge >= 0.3 is 6.09 Å². The average Bonchev–Trinajstić information content (AvgIpc) is 3.10. The van der Waals surface area contributed by atoms with Gasteiger partial charge in [-0.2, -0.15) is 0 Å². The number of hydrogen-bond donors (Lipinski definition) is 1. The highest BCUT2D eigenvalue weighted by Gasteiger charge is 2.33. The molecular formula is C24H20FNO4. The molecule has 0 bridgehead atoms. The molecule has 1 aliphatic carbocycles. The highest BCUT2D eigenvalue weighted by atomic mass is 19.1. The molecule has 152 valence electrons. The van der Waals surface area contributed by atoms with Gasteiger partial charge in [-0.3, -0.25) is 4.90 Å². The number of nitrogens with zero attached hydrogens (tertiary/aromatic N) is 1. The number of amides is 1. The van der Waals surface area contributed by atoms with Crippen LogP contribution in [0.25, 0.3) is 11.1 Å². The van der Waals surface area contributed by atoms with Crippen molar-refractivity contribution in [3.8, 4) is 16.9 Å². The van der Waals surface area contributed by atoms with E-state index in [2.05, 4.69) is 24.3 Å². The summed E-state index contributed by atoms with van der Waals surface area (Å²) in [6.07, 6.45) is -1.19. The lowest BCUT2D eigenvalue weighted by molar-refractivity contribution is 0.104. The van der Waals surface area contributed by atoms with Crippen LogP contribution >= 0.6 is 0 Å². The highest BCUT2D eigenvalue weighted by molar-refractivity contribution is 5.90. The van der Waals surface area contributed by atoms with E-state index >= 15 is 0 Å². The molecule has 0 spiro atoms. The van der Waals surface area contributed by atoms with Gasteiger partial charge in [0, 0.05) is 12.0 Å². The van der Waals surface area contributed by atoms with E-state index < -0.39 is 18.0 Å². The SMILES string of the molecule is O=C(OCC1c2ccccc2-c2ccccc21)N1CC(CO)Oc2cc(F)ccc21. The van der Waals surface area contributed by atoms with Crippen molar-refractivity contribution in [3.05, 3.63) is 83.7 Å². The summed E-state index contributed by atoms with van der Waals surface area (Å²) in [4.78, 5) is 14.4. The molecule has 1 unspecified atom stereocenters. The van der Waals surface area contributed by atoms with Crippen molar-refractivity contribution in [3.63, 3.8) is 0 Å². The van der Waals surface area contributed by atoms with Crippen molar-refractivity contribution in [2.24, 2.45) is 0 Å². The first-order valence-electron chi connectivity index (χ1n) is 9.85. The molecule has 0 radical (unpaired) electrons. The number of anilines is 1. The van der Waals surface area contributed by atoms with Crippen LogP contribution in [0.5, 0.6) is 5.75 Å². The van der Waals surface area contributed by atoms with Crippen molar-refractivity contribution in [2.75, 3.05) is 24.7 Å². The van der Waals surface area contributed by atoms with E-state index in [1.807, 2.05) is 24.3 Å². The molecule has 5 rings (SSSR count). The lowest BCUT2D eigenvalue weighted by Gasteiger charge is -2.33. The quantitative estimate of drug-likeness (QED) is 0.705. The van der Waals surface area contributed by atoms with E-state index in [1.165, 1.54) is 23.1 Å². The second-order valence-corrected chi connectivity index (χ2v) is 7.45. The molecule has 0 aromatic heterocycles. The Balaban J connectivity index is 1.39. The fourth-order valence-electron chi connectivity index (χ4n) is 4.26. The van der Waals surface area contributed by atoms with Gasteiger partial charge in [-0.1, -0.05) is 48.5 Å². The van der Waals surface area contributed by atoms with Crippen LogP contribution in [-0.4, -0.2) is 37.1 Å². The van der Waals surface area contributed by atoms with E-state index in [0.717, 1.165) is 22.3 Å². The van der Waals surface area contributed by atoms with Crippen molar-refractivity contribution in [1.29, 1.82) is 0 Å². The lowest BCUT2D eigenvalue weighted by atomic mass is 9.98. The minimum Gasteiger partial charge on any atom is -0.484 e. The van der Waals surface area contributed by atoms with Crippen molar-refractivity contribution < 1.29 is 23.8 Å². The fraction of sp³-hybridized carbons (Fsp3) is 0.208. The summed E-state index contributed by atoms with van der Waals surface area (Å²) in [7, 11) is 0. The molecule has 0 fully saturated rings. The zero-order chi connectivity index (χ0) is 20.7. The number of benzene rings is 3. The van der Waals surface area contributed by atoms with Gasteiger partial charge < -0.3 is 14.6 Å². The minimum atomic E-state index is -0.639. The van der Waals surface area contributed by atoms with E-state index in [-0.39, 0.29) is 31.4 Å². The smallest absolute Gasteiger partial charge is 0.414 e. The molecule has 5 nitrogen and oxygen atoms in total. The molecule has 3 aromatic rings. The Bertz CT molecular complexity index is 1070. The van der Waals surface area contributed by atoms with Crippen LogP contribution in [0.2, 0.25) is 0 Å². The monoisotopic (exact) mass is 405 g/mol. The Morgan fingerprint density at radius 3 is 2.40 bits per heavy atom. The molecule has 1 amide bonds. The number of carbonyl (C=O) groups is 1. The van der Waals surface area contributed by atoms with Crippen LogP contribution in [0.3, 0.4) is 0 Å². The van der Waals surface area contributed by atoms with Gasteiger partial charge in [0.05, 0.1) is 18.8 Å². The summed E-state index contributed by atoms with van der Waals surface area (Å²) in [6.45, 7) is 0.0272. The van der Waals surface area contributed by atoms with E-state index in [9.17, 15) is 14.3 Å². The number of carbonyl (C=O) groups excluding carboxylic acids is 1. The maximum atomic E-state index is 13.6. The lowest BCUT2D eigenvalue weighted by Crippen LogP contribution is -2.45. The second-order valence-electron chi connectivity index (χ2n) is 7.45. The maximum Gasteiger partial charge on any atom is 0.414 e. The zero-order valence-corrected chi connectivity index (χ0v) is 16.1. The predicted octanol–water partition coefficient (Wildman–Crippen LogP) is 4.33. The largest absolute Gasteiger partial charge is 0.484 e. The Labute approximate surface area is 173 Å². The van der Waals surface area contributed by atoms with Gasteiger partial charge in [-0.15, -0.1) is 0 Å². The normalized spacial score (nSPS) is 17.0. The standard InChI is InChI=1S/C24H20FNO4/c25-15-9-10-22-23(11-15)30-16(13-27)12-26(22)24(28)29-14-21-19-7-3-1-5-17(19)18-6-2-4-8-20(18)21/h1-11,16,21,27H,12-14H2. The maximum absolute atomic E-state index is 13.6. The van der Waals surface area contributed by atoms with Crippen molar-refractivity contribution >= 4 is 11.8 Å². The molecule has 0 saturated carbocycles. The highest BCUT2D eigenvalue weighted by Crippen LogP contribution is 2.44. The topological polar surface area (TPSA) is 59.0 Å². The number of aliphatic hydroxyl groups excluding tert-OH is 1. The molecule has 1 N–H and O–H groups in total. The van der Waals surface area contributed by atoms with E-state index in [4.69, 9.17) is 9.47 Å². The first-order valence-corrected chi connectivity index (χ1v) is 9.85. The third-order valence-electron chi connectivity index (χ3n) is 5.65. The molecule has 1 aliphatic heterocycles. The van der Waals surface area contributed by atoms with E-state index in [0.29, 0.717) is 5.69 Å². The van der Waals surface area contributed by atoms with Crippen LogP contribution in [-0.2, 0) is 4.74 Å². The van der Waals surface area contributed by atoms with Gasteiger partial charge in [-0.25, -0.2) is 9.18 Å². The summed E-state index contributed by atoms with van der Waals surface area (Å²) < 4.78 is 24.9. The van der Waals surface area contributed by atoms with E-state index in [1.54, 1.807) is 0 Å². The van der Waals surface area contributed by atoms with Crippen LogP contribution in [0.15, 0.2) is 66.7 Å². The summed E-state index contributed by atoms with van der Waals surface area (Å²) in [6, 6.07) is 20.2. The molecule has 3 aromatic carbocycles. The third-order valence-corrected chi connectivity index (χ3v) is 5.65. The van der Waals surface area contributed by atoms with Crippen LogP contribution in [0.1, 0.15) is 17.0 Å². The Kier molecular flexibility index (Phi) is 4.64. The Morgan fingerprint density at radius 1 is 1.07 bits per heavy atom. The molecule has 0 saturated heterocycles. The van der Waals surface area contributed by atoms with Crippen LogP contribution in [0.4, 0.5) is 14.9 Å². The Morgan fingerprint density at radius 2 is 1.73 bits per heavy atom. The summed E-state index contributed by atoms with van der Waals surface area (Å²) in [5.74, 6) is -0.308. The van der Waals surface area contributed by atoms with Gasteiger partial charge in [0.25, 0.3) is 0 Å². The van der Waals surface area contributed by atoms with Gasteiger partial charge in [0.1, 0.15) is 24.3 Å². The number of fused-ring (bicyclic) bond motifs is 4. The van der Waals surface area contributed by atoms with Crippen molar-refractivity contribution in [2.45, 2.75) is 12.0 Å². The average molecular weight is 405 g/mol. The number of hydrogen-bond acceptors (Lipinski definition) is 4.